The van der Waals surface area contributed by atoms with Crippen molar-refractivity contribution in [3.63, 3.8) is 0 Å². The van der Waals surface area contributed by atoms with Crippen LogP contribution in [0.2, 0.25) is 0 Å². The average molecular weight is 458 g/mol. The number of benzene rings is 1. The van der Waals surface area contributed by atoms with E-state index in [4.69, 9.17) is 104 Å². The van der Waals surface area contributed by atoms with Crippen molar-refractivity contribution in [1.82, 2.24) is 0 Å². The van der Waals surface area contributed by atoms with Gasteiger partial charge in [0.1, 0.15) is 0 Å². The summed E-state index contributed by atoms with van der Waals surface area (Å²) in [6.07, 6.45) is 0.479. The molecule has 0 fully saturated rings. The smallest absolute Gasteiger partial charge is 0.0784 e. The van der Waals surface area contributed by atoms with E-state index in [1.807, 2.05) is 6.92 Å². The molecule has 0 radical (unpaired) electrons. The summed E-state index contributed by atoms with van der Waals surface area (Å²) >= 11 is 53.4. The molecule has 0 amide bonds. The largest absolute Gasteiger partial charge is 0.216 e. The van der Waals surface area contributed by atoms with Gasteiger partial charge in [-0.2, -0.15) is 0 Å². The van der Waals surface area contributed by atoms with E-state index in [2.05, 4.69) is 0 Å². The first-order valence-corrected chi connectivity index (χ1v) is 8.57. The third-order valence-electron chi connectivity index (χ3n) is 2.54. The molecule has 1 aromatic rings. The molecule has 0 bridgehead atoms. The van der Waals surface area contributed by atoms with E-state index in [-0.39, 0.29) is 5.56 Å². The van der Waals surface area contributed by atoms with Gasteiger partial charge in [-0.1, -0.05) is 111 Å². The second-order valence-electron chi connectivity index (χ2n) is 3.90. The molecule has 0 aliphatic rings. The minimum absolute atomic E-state index is 0.252. The van der Waals surface area contributed by atoms with Crippen LogP contribution in [0.5, 0.6) is 0 Å². The lowest BCUT2D eigenvalue weighted by Crippen LogP contribution is -2.16. The Balaban J connectivity index is 3.75. The fourth-order valence-corrected chi connectivity index (χ4v) is 3.06. The Bertz CT molecular complexity index is 455. The van der Waals surface area contributed by atoms with Crippen LogP contribution in [-0.4, -0.2) is 0 Å². The first-order valence-electron chi connectivity index (χ1n) is 5.17. The normalized spacial score (nSPS) is 13.7. The molecule has 0 atom stereocenters. The molecule has 0 aromatic heterocycles. The summed E-state index contributed by atoms with van der Waals surface area (Å²) in [5.41, 5.74) is 1.47. The Morgan fingerprint density at radius 2 is 1.05 bits per heavy atom. The fraction of sp³-hybridized carbons (Fsp3) is 0.455. The van der Waals surface area contributed by atoms with Gasteiger partial charge in [0.25, 0.3) is 0 Å². The molecule has 0 aliphatic heterocycles. The van der Waals surface area contributed by atoms with Crippen molar-refractivity contribution in [2.45, 2.75) is 24.7 Å². The van der Waals surface area contributed by atoms with Crippen LogP contribution in [0.25, 0.3) is 0 Å². The summed E-state index contributed by atoms with van der Waals surface area (Å²) in [5.74, 6) is 0. The number of halogens is 9. The Morgan fingerprint density at radius 3 is 1.25 bits per heavy atom. The SMILES string of the molecule is CCc1c(C(Cl)(Cl)Cl)cc(C(Cl)(Cl)Cl)cc1C(Cl)(Cl)Cl. The molecule has 0 N–H and O–H groups in total. The molecule has 0 saturated carbocycles. The second-order valence-corrected chi connectivity index (χ2v) is 10.7. The first kappa shape index (κ1) is 19.9. The number of hydrogen-bond acceptors (Lipinski definition) is 0. The molecule has 20 heavy (non-hydrogen) atoms. The lowest BCUT2D eigenvalue weighted by Gasteiger charge is -2.25. The molecule has 0 spiro atoms. The molecule has 0 nitrogen and oxygen atoms in total. The maximum atomic E-state index is 5.96. The molecule has 1 rings (SSSR count). The van der Waals surface area contributed by atoms with Crippen molar-refractivity contribution in [1.29, 1.82) is 0 Å². The zero-order valence-corrected chi connectivity index (χ0v) is 16.6. The zero-order valence-electron chi connectivity index (χ0n) is 9.76. The third kappa shape index (κ3) is 4.91. The molecule has 9 heteroatoms. The van der Waals surface area contributed by atoms with E-state index in [9.17, 15) is 0 Å². The maximum absolute atomic E-state index is 5.96. The molecule has 1 aromatic carbocycles. The minimum atomic E-state index is -1.73. The van der Waals surface area contributed by atoms with Crippen molar-refractivity contribution in [3.05, 3.63) is 34.4 Å². The zero-order chi connectivity index (χ0) is 15.9. The van der Waals surface area contributed by atoms with Gasteiger partial charge in [-0.15, -0.1) is 0 Å². The van der Waals surface area contributed by atoms with Gasteiger partial charge in [0.15, 0.2) is 0 Å². The standard InChI is InChI=1S/C11H7Cl9/c1-2-6-7(10(15,16)17)3-5(9(12,13)14)4-8(6)11(18,19)20/h3-4H,2H2,1H3. The van der Waals surface area contributed by atoms with Crippen LogP contribution in [0.4, 0.5) is 0 Å². The van der Waals surface area contributed by atoms with Gasteiger partial charge in [0, 0.05) is 16.7 Å². The topological polar surface area (TPSA) is 0 Å². The van der Waals surface area contributed by atoms with Crippen LogP contribution in [0.3, 0.4) is 0 Å². The van der Waals surface area contributed by atoms with E-state index >= 15 is 0 Å². The van der Waals surface area contributed by atoms with Crippen LogP contribution in [0.15, 0.2) is 12.1 Å². The molecular weight excluding hydrogens is 451 g/mol. The highest BCUT2D eigenvalue weighted by atomic mass is 35.6. The molecule has 0 saturated heterocycles. The molecule has 0 heterocycles. The van der Waals surface area contributed by atoms with Gasteiger partial charge in [-0.05, 0) is 24.1 Å². The predicted molar refractivity (Wildman–Crippen MR) is 93.5 cm³/mol. The number of rotatable bonds is 1. The highest BCUT2D eigenvalue weighted by Gasteiger charge is 2.36. The summed E-state index contributed by atoms with van der Waals surface area (Å²) in [5, 5.41) is 0. The number of alkyl halides is 9. The molecule has 0 unspecified atom stereocenters. The van der Waals surface area contributed by atoms with Crippen LogP contribution in [0, 0.1) is 0 Å². The van der Waals surface area contributed by atoms with E-state index in [0.717, 1.165) is 0 Å². The molecule has 0 aliphatic carbocycles. The summed E-state index contributed by atoms with van der Waals surface area (Å²) in [6.45, 7) is 1.84. The second kappa shape index (κ2) is 6.75. The summed E-state index contributed by atoms with van der Waals surface area (Å²) in [7, 11) is 0. The Hall–Kier alpha value is 1.83. The van der Waals surface area contributed by atoms with Crippen LogP contribution < -0.4 is 0 Å². The van der Waals surface area contributed by atoms with E-state index in [1.165, 1.54) is 12.1 Å². The third-order valence-corrected chi connectivity index (χ3v) is 4.42. The van der Waals surface area contributed by atoms with Crippen molar-refractivity contribution < 1.29 is 0 Å². The summed E-state index contributed by atoms with van der Waals surface area (Å²) in [6, 6.07) is 2.97. The van der Waals surface area contributed by atoms with Crippen molar-refractivity contribution in [3.8, 4) is 0 Å². The first-order chi connectivity index (χ1) is 8.78. The minimum Gasteiger partial charge on any atom is -0.0784 e. The van der Waals surface area contributed by atoms with Crippen LogP contribution >= 0.6 is 104 Å². The van der Waals surface area contributed by atoms with Gasteiger partial charge in [0.05, 0.1) is 0 Å². The van der Waals surface area contributed by atoms with E-state index < -0.39 is 11.4 Å². The lowest BCUT2D eigenvalue weighted by molar-refractivity contribution is 0.996. The quantitative estimate of drug-likeness (QED) is 0.378. The van der Waals surface area contributed by atoms with Crippen LogP contribution in [0.1, 0.15) is 29.2 Å². The van der Waals surface area contributed by atoms with E-state index in [1.54, 1.807) is 0 Å². The summed E-state index contributed by atoms with van der Waals surface area (Å²) in [4.78, 5) is 0. The Kier molecular flexibility index (Phi) is 6.71. The maximum Gasteiger partial charge on any atom is 0.216 e. The van der Waals surface area contributed by atoms with Gasteiger partial charge >= 0.3 is 0 Å². The summed E-state index contributed by atoms with van der Waals surface area (Å²) < 4.78 is -5.20. The van der Waals surface area contributed by atoms with Gasteiger partial charge in [-0.25, -0.2) is 0 Å². The van der Waals surface area contributed by atoms with Gasteiger partial charge < -0.3 is 0 Å². The van der Waals surface area contributed by atoms with Crippen molar-refractivity contribution >= 4 is 104 Å². The monoisotopic (exact) mass is 454 g/mol. The highest BCUT2D eigenvalue weighted by Crippen LogP contribution is 2.50. The Labute approximate surface area is 162 Å². The van der Waals surface area contributed by atoms with Gasteiger partial charge in [0.2, 0.25) is 11.4 Å². The predicted octanol–water partition coefficient (Wildman–Crippen LogP) is 7.73. The van der Waals surface area contributed by atoms with Crippen molar-refractivity contribution in [2.24, 2.45) is 0 Å². The Morgan fingerprint density at radius 1 is 0.700 bits per heavy atom. The van der Waals surface area contributed by atoms with Crippen LogP contribution in [-0.2, 0) is 17.8 Å². The van der Waals surface area contributed by atoms with Crippen molar-refractivity contribution in [2.75, 3.05) is 0 Å². The molecular formula is C11H7Cl9. The van der Waals surface area contributed by atoms with E-state index in [0.29, 0.717) is 23.1 Å². The molecule has 114 valence electrons. The fourth-order valence-electron chi connectivity index (χ4n) is 1.72. The average Bonchev–Trinajstić information content (AvgIpc) is 2.23. The van der Waals surface area contributed by atoms with Gasteiger partial charge in [-0.3, -0.25) is 0 Å². The highest BCUT2D eigenvalue weighted by molar-refractivity contribution is 6.68. The lowest BCUT2D eigenvalue weighted by atomic mass is 9.97. The number of hydrogen-bond donors (Lipinski definition) is 0.